The van der Waals surface area contributed by atoms with Crippen molar-refractivity contribution in [2.45, 2.75) is 26.2 Å². The fourth-order valence-corrected chi connectivity index (χ4v) is 2.33. The van der Waals surface area contributed by atoms with E-state index in [1.165, 1.54) is 0 Å². The van der Waals surface area contributed by atoms with Crippen LogP contribution in [0.1, 0.15) is 35.3 Å². The predicted octanol–water partition coefficient (Wildman–Crippen LogP) is 0.893. The van der Waals surface area contributed by atoms with Crippen molar-refractivity contribution in [2.24, 2.45) is 7.05 Å². The lowest BCUT2D eigenvalue weighted by Crippen LogP contribution is -2.30. The molecule has 1 N–H and O–H groups in total. The Morgan fingerprint density at radius 3 is 2.80 bits per heavy atom. The van der Waals surface area contributed by atoms with Crippen molar-refractivity contribution in [1.29, 1.82) is 0 Å². The highest BCUT2D eigenvalue weighted by molar-refractivity contribution is 5.94. The van der Waals surface area contributed by atoms with E-state index in [0.717, 1.165) is 31.6 Å². The zero-order valence-corrected chi connectivity index (χ0v) is 12.7. The van der Waals surface area contributed by atoms with Crippen LogP contribution in [0, 0.1) is 6.92 Å². The van der Waals surface area contributed by atoms with Gasteiger partial charge in [-0.25, -0.2) is 0 Å². The molecule has 6 nitrogen and oxygen atoms in total. The number of hydrogen-bond donors (Lipinski definition) is 1. The van der Waals surface area contributed by atoms with E-state index in [2.05, 4.69) is 10.4 Å². The van der Waals surface area contributed by atoms with Crippen LogP contribution in [0.5, 0.6) is 0 Å². The number of hydrogen-bond acceptors (Lipinski definition) is 3. The van der Waals surface area contributed by atoms with E-state index in [9.17, 15) is 9.59 Å². The zero-order valence-electron chi connectivity index (χ0n) is 11.9. The Morgan fingerprint density at radius 2 is 2.25 bits per heavy atom. The molecular weight excluding hydrogens is 280 g/mol. The maximum absolute atomic E-state index is 11.9. The largest absolute Gasteiger partial charge is 0.352 e. The maximum Gasteiger partial charge on any atom is 0.254 e. The predicted molar refractivity (Wildman–Crippen MR) is 78.0 cm³/mol. The average molecular weight is 301 g/mol. The standard InChI is InChI=1S/C13H20N4O2.ClH/c1-10-11(9-16(2)15-10)13(19)14-6-4-8-17-7-3-5-12(17)18;/h9H,3-8H2,1-2H3,(H,14,19);1H. The molecule has 0 spiro atoms. The molecule has 2 amide bonds. The molecule has 0 aromatic carbocycles. The van der Waals surface area contributed by atoms with Gasteiger partial charge in [0.1, 0.15) is 0 Å². The summed E-state index contributed by atoms with van der Waals surface area (Å²) in [4.78, 5) is 25.2. The molecule has 1 aromatic rings. The van der Waals surface area contributed by atoms with Gasteiger partial charge in [0.15, 0.2) is 0 Å². The molecule has 1 aliphatic rings. The van der Waals surface area contributed by atoms with Crippen molar-refractivity contribution < 1.29 is 9.59 Å². The number of nitrogens with zero attached hydrogens (tertiary/aromatic N) is 3. The summed E-state index contributed by atoms with van der Waals surface area (Å²) in [6.07, 6.45) is 4.13. The molecule has 7 heteroatoms. The Balaban J connectivity index is 0.00000200. The van der Waals surface area contributed by atoms with Crippen LogP contribution in [0.4, 0.5) is 0 Å². The SMILES string of the molecule is Cc1nn(C)cc1C(=O)NCCCN1CCCC1=O.Cl. The normalized spacial score (nSPS) is 14.3. The van der Waals surface area contributed by atoms with Crippen molar-refractivity contribution in [3.05, 3.63) is 17.5 Å². The van der Waals surface area contributed by atoms with Gasteiger partial charge in [0.2, 0.25) is 5.91 Å². The topological polar surface area (TPSA) is 67.2 Å². The lowest BCUT2D eigenvalue weighted by molar-refractivity contribution is -0.127. The van der Waals surface area contributed by atoms with Crippen molar-refractivity contribution in [3.8, 4) is 0 Å². The number of halogens is 1. The molecule has 0 unspecified atom stereocenters. The molecule has 1 fully saturated rings. The molecule has 2 heterocycles. The van der Waals surface area contributed by atoms with E-state index >= 15 is 0 Å². The highest BCUT2D eigenvalue weighted by Gasteiger charge is 2.19. The molecule has 2 rings (SSSR count). The van der Waals surface area contributed by atoms with Gasteiger partial charge in [0, 0.05) is 39.3 Å². The quantitative estimate of drug-likeness (QED) is 0.821. The lowest BCUT2D eigenvalue weighted by atomic mass is 10.2. The minimum absolute atomic E-state index is 0. The van der Waals surface area contributed by atoms with Crippen molar-refractivity contribution in [2.75, 3.05) is 19.6 Å². The summed E-state index contributed by atoms with van der Waals surface area (Å²) in [5.74, 6) is 0.132. The number of carbonyl (C=O) groups excluding carboxylic acids is 2. The summed E-state index contributed by atoms with van der Waals surface area (Å²) in [6, 6.07) is 0. The summed E-state index contributed by atoms with van der Waals surface area (Å²) >= 11 is 0. The van der Waals surface area contributed by atoms with Crippen LogP contribution in [0.2, 0.25) is 0 Å². The van der Waals surface area contributed by atoms with E-state index in [4.69, 9.17) is 0 Å². The van der Waals surface area contributed by atoms with Crippen LogP contribution in [0.15, 0.2) is 6.20 Å². The lowest BCUT2D eigenvalue weighted by Gasteiger charge is -2.15. The van der Waals surface area contributed by atoms with Crippen molar-refractivity contribution >= 4 is 24.2 Å². The smallest absolute Gasteiger partial charge is 0.254 e. The van der Waals surface area contributed by atoms with Gasteiger partial charge in [-0.1, -0.05) is 0 Å². The third kappa shape index (κ3) is 3.96. The minimum atomic E-state index is -0.0988. The maximum atomic E-state index is 11.9. The van der Waals surface area contributed by atoms with Crippen molar-refractivity contribution in [3.63, 3.8) is 0 Å². The summed E-state index contributed by atoms with van der Waals surface area (Å²) in [5, 5.41) is 7.00. The Hall–Kier alpha value is -1.56. The summed E-state index contributed by atoms with van der Waals surface area (Å²) in [6.45, 7) is 3.98. The van der Waals surface area contributed by atoms with Crippen LogP contribution in [-0.4, -0.2) is 46.1 Å². The first-order valence-electron chi connectivity index (χ1n) is 6.64. The third-order valence-corrected chi connectivity index (χ3v) is 3.32. The first-order chi connectivity index (χ1) is 9.08. The molecule has 112 valence electrons. The molecule has 0 bridgehead atoms. The molecule has 1 aliphatic heterocycles. The Bertz CT molecular complexity index is 487. The molecule has 0 radical (unpaired) electrons. The van der Waals surface area contributed by atoms with Gasteiger partial charge in [-0.2, -0.15) is 5.10 Å². The number of amides is 2. The van der Waals surface area contributed by atoms with Crippen LogP contribution in [0.25, 0.3) is 0 Å². The average Bonchev–Trinajstić information content (AvgIpc) is 2.91. The zero-order chi connectivity index (χ0) is 13.8. The highest BCUT2D eigenvalue weighted by Crippen LogP contribution is 2.09. The molecule has 1 aromatic heterocycles. The summed E-state index contributed by atoms with van der Waals surface area (Å²) in [7, 11) is 1.79. The molecule has 1 saturated heterocycles. The fourth-order valence-electron chi connectivity index (χ4n) is 2.33. The number of rotatable bonds is 5. The minimum Gasteiger partial charge on any atom is -0.352 e. The first kappa shape index (κ1) is 16.5. The second kappa shape index (κ2) is 7.28. The molecule has 0 saturated carbocycles. The summed E-state index contributed by atoms with van der Waals surface area (Å²) < 4.78 is 1.63. The summed E-state index contributed by atoms with van der Waals surface area (Å²) in [5.41, 5.74) is 1.34. The number of aryl methyl sites for hydroxylation is 2. The van der Waals surface area contributed by atoms with Gasteiger partial charge in [-0.05, 0) is 19.8 Å². The number of likely N-dealkylation sites (tertiary alicyclic amines) is 1. The first-order valence-corrected chi connectivity index (χ1v) is 6.64. The van der Waals surface area contributed by atoms with Crippen LogP contribution in [-0.2, 0) is 11.8 Å². The van der Waals surface area contributed by atoms with Crippen LogP contribution >= 0.6 is 12.4 Å². The Labute approximate surface area is 124 Å². The monoisotopic (exact) mass is 300 g/mol. The number of nitrogens with one attached hydrogen (secondary N) is 1. The number of carbonyl (C=O) groups is 2. The second-order valence-electron chi connectivity index (χ2n) is 4.90. The van der Waals surface area contributed by atoms with Gasteiger partial charge in [-0.15, -0.1) is 12.4 Å². The van der Waals surface area contributed by atoms with Crippen LogP contribution in [0.3, 0.4) is 0 Å². The van der Waals surface area contributed by atoms with E-state index in [0.29, 0.717) is 18.5 Å². The number of aromatic nitrogens is 2. The van der Waals surface area contributed by atoms with E-state index in [1.807, 2.05) is 11.8 Å². The van der Waals surface area contributed by atoms with Gasteiger partial charge in [-0.3, -0.25) is 14.3 Å². The molecular formula is C13H21ClN4O2. The highest BCUT2D eigenvalue weighted by atomic mass is 35.5. The van der Waals surface area contributed by atoms with Gasteiger partial charge in [0.05, 0.1) is 11.3 Å². The Kier molecular flexibility index (Phi) is 6.01. The van der Waals surface area contributed by atoms with E-state index in [-0.39, 0.29) is 24.2 Å². The van der Waals surface area contributed by atoms with E-state index < -0.39 is 0 Å². The van der Waals surface area contributed by atoms with E-state index in [1.54, 1.807) is 17.9 Å². The van der Waals surface area contributed by atoms with Gasteiger partial charge < -0.3 is 10.2 Å². The Morgan fingerprint density at radius 1 is 1.50 bits per heavy atom. The molecule has 0 atom stereocenters. The third-order valence-electron chi connectivity index (χ3n) is 3.32. The van der Waals surface area contributed by atoms with Crippen LogP contribution < -0.4 is 5.32 Å². The fraction of sp³-hybridized carbons (Fsp3) is 0.615. The second-order valence-corrected chi connectivity index (χ2v) is 4.90. The molecule has 20 heavy (non-hydrogen) atoms. The van der Waals surface area contributed by atoms with Gasteiger partial charge >= 0.3 is 0 Å². The van der Waals surface area contributed by atoms with Gasteiger partial charge in [0.25, 0.3) is 5.91 Å². The van der Waals surface area contributed by atoms with Crippen molar-refractivity contribution in [1.82, 2.24) is 20.0 Å². The molecule has 0 aliphatic carbocycles.